The van der Waals surface area contributed by atoms with E-state index in [2.05, 4.69) is 24.5 Å². The number of benzene rings is 2. The van der Waals surface area contributed by atoms with Crippen molar-refractivity contribution in [3.05, 3.63) is 71.5 Å². The predicted octanol–water partition coefficient (Wildman–Crippen LogP) is 4.03. The Morgan fingerprint density at radius 3 is 2.12 bits per heavy atom. The number of amides is 2. The molecular formula is C25H31FN2O4. The summed E-state index contributed by atoms with van der Waals surface area (Å²) in [6.07, 6.45) is 0.733. The van der Waals surface area contributed by atoms with Crippen LogP contribution >= 0.6 is 0 Å². The molecule has 0 bridgehead atoms. The predicted molar refractivity (Wildman–Crippen MR) is 120 cm³/mol. The summed E-state index contributed by atoms with van der Waals surface area (Å²) in [6.45, 7) is 7.10. The van der Waals surface area contributed by atoms with Crippen molar-refractivity contribution in [2.24, 2.45) is 11.8 Å². The van der Waals surface area contributed by atoms with Crippen molar-refractivity contribution >= 4 is 17.8 Å². The molecule has 0 aliphatic rings. The molecule has 7 heteroatoms. The number of carbonyl (C=O) groups excluding carboxylic acids is 3. The van der Waals surface area contributed by atoms with Gasteiger partial charge in [0.1, 0.15) is 11.9 Å². The summed E-state index contributed by atoms with van der Waals surface area (Å²) in [5.74, 6) is -2.56. The van der Waals surface area contributed by atoms with Gasteiger partial charge in [-0.25, -0.2) is 9.18 Å². The maximum absolute atomic E-state index is 13.9. The van der Waals surface area contributed by atoms with Crippen LogP contribution in [0, 0.1) is 17.7 Å². The first kappa shape index (κ1) is 25.0. The third kappa shape index (κ3) is 7.48. The van der Waals surface area contributed by atoms with Gasteiger partial charge in [-0.2, -0.15) is 0 Å². The molecule has 2 aromatic rings. The van der Waals surface area contributed by atoms with Crippen LogP contribution in [0.15, 0.2) is 54.6 Å². The minimum absolute atomic E-state index is 0.164. The summed E-state index contributed by atoms with van der Waals surface area (Å²) in [4.78, 5) is 37.4. The largest absolute Gasteiger partial charge is 0.454 e. The Hall–Kier alpha value is -3.22. The zero-order valence-corrected chi connectivity index (χ0v) is 18.9. The van der Waals surface area contributed by atoms with Crippen LogP contribution in [0.1, 0.15) is 56.1 Å². The Kier molecular flexibility index (Phi) is 9.38. The monoisotopic (exact) mass is 442 g/mol. The van der Waals surface area contributed by atoms with E-state index in [0.717, 1.165) is 12.0 Å². The topological polar surface area (TPSA) is 84.5 Å². The van der Waals surface area contributed by atoms with Crippen molar-refractivity contribution < 1.29 is 23.5 Å². The number of halogens is 1. The fraction of sp³-hybridized carbons (Fsp3) is 0.400. The molecule has 0 spiro atoms. The van der Waals surface area contributed by atoms with Crippen LogP contribution in [-0.4, -0.2) is 30.4 Å². The second-order valence-electron chi connectivity index (χ2n) is 8.44. The average molecular weight is 443 g/mol. The molecule has 0 radical (unpaired) electrons. The summed E-state index contributed by atoms with van der Waals surface area (Å²) < 4.78 is 19.0. The number of hydrogen-bond donors (Lipinski definition) is 2. The number of rotatable bonds is 10. The molecular weight excluding hydrogens is 411 g/mol. The molecule has 2 amide bonds. The van der Waals surface area contributed by atoms with Gasteiger partial charge in [-0.1, -0.05) is 70.2 Å². The average Bonchev–Trinajstić information content (AvgIpc) is 2.75. The lowest BCUT2D eigenvalue weighted by atomic mass is 9.97. The number of nitrogens with one attached hydrogen (secondary N) is 2. The summed E-state index contributed by atoms with van der Waals surface area (Å²) in [6, 6.07) is 13.9. The standard InChI is InChI=1S/C25H31FN2O4/c1-16(2)14-21(18-10-6-5-7-11-18)27-22(29)15-32-25(31)23(17(3)4)28-24(30)19-12-8-9-13-20(19)26/h5-13,16-17,21,23H,14-15H2,1-4H3,(H,27,29)(H,28,30)/t21?,23-/m0/s1. The molecule has 0 aromatic heterocycles. The Labute approximate surface area is 188 Å². The van der Waals surface area contributed by atoms with Gasteiger partial charge in [0.2, 0.25) is 0 Å². The normalized spacial score (nSPS) is 12.8. The van der Waals surface area contributed by atoms with E-state index >= 15 is 0 Å². The molecule has 0 saturated heterocycles. The van der Waals surface area contributed by atoms with Gasteiger partial charge in [-0.15, -0.1) is 0 Å². The molecule has 2 rings (SSSR count). The molecule has 0 saturated carbocycles. The molecule has 172 valence electrons. The highest BCUT2D eigenvalue weighted by Gasteiger charge is 2.28. The number of esters is 1. The first-order chi connectivity index (χ1) is 15.2. The van der Waals surface area contributed by atoms with Crippen molar-refractivity contribution in [2.75, 3.05) is 6.61 Å². The lowest BCUT2D eigenvalue weighted by molar-refractivity contribution is -0.151. The molecule has 6 nitrogen and oxygen atoms in total. The van der Waals surface area contributed by atoms with Crippen LogP contribution in [0.25, 0.3) is 0 Å². The molecule has 1 unspecified atom stereocenters. The van der Waals surface area contributed by atoms with E-state index in [-0.39, 0.29) is 17.5 Å². The van der Waals surface area contributed by atoms with Crippen LogP contribution in [0.2, 0.25) is 0 Å². The van der Waals surface area contributed by atoms with Gasteiger partial charge in [-0.05, 0) is 36.0 Å². The fourth-order valence-electron chi connectivity index (χ4n) is 3.26. The maximum atomic E-state index is 13.9. The number of ether oxygens (including phenoxy) is 1. The summed E-state index contributed by atoms with van der Waals surface area (Å²) in [7, 11) is 0. The van der Waals surface area contributed by atoms with Crippen molar-refractivity contribution in [3.8, 4) is 0 Å². The molecule has 0 heterocycles. The Morgan fingerprint density at radius 1 is 0.906 bits per heavy atom. The van der Waals surface area contributed by atoms with Crippen molar-refractivity contribution in [3.63, 3.8) is 0 Å². The minimum atomic E-state index is -1.02. The van der Waals surface area contributed by atoms with Gasteiger partial charge in [-0.3, -0.25) is 9.59 Å². The van der Waals surface area contributed by atoms with Crippen LogP contribution in [0.5, 0.6) is 0 Å². The first-order valence-electron chi connectivity index (χ1n) is 10.7. The van der Waals surface area contributed by atoms with E-state index in [4.69, 9.17) is 4.74 Å². The molecule has 2 N–H and O–H groups in total. The number of carbonyl (C=O) groups is 3. The van der Waals surface area contributed by atoms with Crippen LogP contribution in [0.4, 0.5) is 4.39 Å². The van der Waals surface area contributed by atoms with E-state index < -0.39 is 36.2 Å². The molecule has 32 heavy (non-hydrogen) atoms. The summed E-state index contributed by atoms with van der Waals surface area (Å²) in [5.41, 5.74) is 0.807. The second kappa shape index (κ2) is 12.0. The maximum Gasteiger partial charge on any atom is 0.329 e. The fourth-order valence-corrected chi connectivity index (χ4v) is 3.26. The van der Waals surface area contributed by atoms with E-state index in [1.165, 1.54) is 24.3 Å². The van der Waals surface area contributed by atoms with Gasteiger partial charge in [0.05, 0.1) is 11.6 Å². The highest BCUT2D eigenvalue weighted by molar-refractivity contribution is 5.97. The van der Waals surface area contributed by atoms with Gasteiger partial charge < -0.3 is 15.4 Å². The Bertz CT molecular complexity index is 915. The lowest BCUT2D eigenvalue weighted by Crippen LogP contribution is -2.46. The number of hydrogen-bond acceptors (Lipinski definition) is 4. The van der Waals surface area contributed by atoms with Crippen LogP contribution in [-0.2, 0) is 14.3 Å². The van der Waals surface area contributed by atoms with Gasteiger partial charge in [0.25, 0.3) is 11.8 Å². The van der Waals surface area contributed by atoms with Crippen LogP contribution in [0.3, 0.4) is 0 Å². The molecule has 0 aliphatic heterocycles. The Balaban J connectivity index is 1.97. The third-order valence-electron chi connectivity index (χ3n) is 4.92. The van der Waals surface area contributed by atoms with Gasteiger partial charge in [0, 0.05) is 0 Å². The Morgan fingerprint density at radius 2 is 1.53 bits per heavy atom. The zero-order chi connectivity index (χ0) is 23.7. The highest BCUT2D eigenvalue weighted by Crippen LogP contribution is 2.21. The molecule has 2 atom stereocenters. The van der Waals surface area contributed by atoms with Crippen molar-refractivity contribution in [1.82, 2.24) is 10.6 Å². The van der Waals surface area contributed by atoms with Gasteiger partial charge >= 0.3 is 5.97 Å². The minimum Gasteiger partial charge on any atom is -0.454 e. The van der Waals surface area contributed by atoms with E-state index in [1.807, 2.05) is 30.3 Å². The van der Waals surface area contributed by atoms with Gasteiger partial charge in [0.15, 0.2) is 6.61 Å². The van der Waals surface area contributed by atoms with Crippen molar-refractivity contribution in [2.45, 2.75) is 46.2 Å². The SMILES string of the molecule is CC(C)CC(NC(=O)COC(=O)[C@@H](NC(=O)c1ccccc1F)C(C)C)c1ccccc1. The first-order valence-corrected chi connectivity index (χ1v) is 10.7. The third-order valence-corrected chi connectivity index (χ3v) is 4.92. The van der Waals surface area contributed by atoms with E-state index in [9.17, 15) is 18.8 Å². The smallest absolute Gasteiger partial charge is 0.329 e. The zero-order valence-electron chi connectivity index (χ0n) is 18.9. The van der Waals surface area contributed by atoms with E-state index in [1.54, 1.807) is 13.8 Å². The summed E-state index contributed by atoms with van der Waals surface area (Å²) >= 11 is 0. The summed E-state index contributed by atoms with van der Waals surface area (Å²) in [5, 5.41) is 5.41. The lowest BCUT2D eigenvalue weighted by Gasteiger charge is -2.23. The van der Waals surface area contributed by atoms with Crippen molar-refractivity contribution in [1.29, 1.82) is 0 Å². The highest BCUT2D eigenvalue weighted by atomic mass is 19.1. The molecule has 0 fully saturated rings. The quantitative estimate of drug-likeness (QED) is 0.544. The van der Waals surface area contributed by atoms with E-state index in [0.29, 0.717) is 5.92 Å². The molecule has 2 aromatic carbocycles. The van der Waals surface area contributed by atoms with Crippen LogP contribution < -0.4 is 10.6 Å². The second-order valence-corrected chi connectivity index (χ2v) is 8.44. The molecule has 0 aliphatic carbocycles.